The SMILES string of the molecule is CCCC(CN)C(=O)Nc1ccccc1CO. The number of anilines is 1. The second kappa shape index (κ2) is 7.04. The van der Waals surface area contributed by atoms with Crippen molar-refractivity contribution in [2.24, 2.45) is 11.7 Å². The lowest BCUT2D eigenvalue weighted by molar-refractivity contribution is -0.119. The van der Waals surface area contributed by atoms with E-state index in [-0.39, 0.29) is 18.4 Å². The summed E-state index contributed by atoms with van der Waals surface area (Å²) in [6.07, 6.45) is 1.71. The minimum absolute atomic E-state index is 0.0738. The molecule has 0 aliphatic heterocycles. The van der Waals surface area contributed by atoms with Gasteiger partial charge in [-0.25, -0.2) is 0 Å². The summed E-state index contributed by atoms with van der Waals surface area (Å²) < 4.78 is 0. The number of carbonyl (C=O) groups is 1. The molecule has 0 radical (unpaired) electrons. The van der Waals surface area contributed by atoms with Gasteiger partial charge in [-0.1, -0.05) is 31.5 Å². The van der Waals surface area contributed by atoms with Gasteiger partial charge in [0.05, 0.1) is 12.5 Å². The molecular formula is C13H20N2O2. The summed E-state index contributed by atoms with van der Waals surface area (Å²) in [5.74, 6) is -0.234. The van der Waals surface area contributed by atoms with Gasteiger partial charge in [-0.15, -0.1) is 0 Å². The molecule has 4 nitrogen and oxygen atoms in total. The Labute approximate surface area is 102 Å². The van der Waals surface area contributed by atoms with E-state index >= 15 is 0 Å². The van der Waals surface area contributed by atoms with E-state index in [4.69, 9.17) is 10.8 Å². The van der Waals surface area contributed by atoms with Crippen LogP contribution < -0.4 is 11.1 Å². The molecule has 0 heterocycles. The first-order valence-electron chi connectivity index (χ1n) is 5.92. The molecule has 4 heteroatoms. The average Bonchev–Trinajstić information content (AvgIpc) is 2.36. The van der Waals surface area contributed by atoms with Crippen molar-refractivity contribution in [2.75, 3.05) is 11.9 Å². The van der Waals surface area contributed by atoms with Crippen LogP contribution in [-0.4, -0.2) is 17.6 Å². The monoisotopic (exact) mass is 236 g/mol. The summed E-state index contributed by atoms with van der Waals surface area (Å²) in [5.41, 5.74) is 6.95. The van der Waals surface area contributed by atoms with Crippen molar-refractivity contribution in [2.45, 2.75) is 26.4 Å². The molecule has 1 rings (SSSR count). The van der Waals surface area contributed by atoms with Crippen LogP contribution in [0, 0.1) is 5.92 Å². The van der Waals surface area contributed by atoms with Crippen LogP contribution in [0.25, 0.3) is 0 Å². The summed E-state index contributed by atoms with van der Waals surface area (Å²) in [6.45, 7) is 2.29. The van der Waals surface area contributed by atoms with Crippen molar-refractivity contribution in [3.63, 3.8) is 0 Å². The van der Waals surface area contributed by atoms with Gasteiger partial charge in [-0.3, -0.25) is 4.79 Å². The Morgan fingerprint density at radius 2 is 2.18 bits per heavy atom. The Morgan fingerprint density at radius 1 is 1.47 bits per heavy atom. The summed E-state index contributed by atoms with van der Waals surface area (Å²) in [4.78, 5) is 11.9. The van der Waals surface area contributed by atoms with Gasteiger partial charge in [0.1, 0.15) is 0 Å². The van der Waals surface area contributed by atoms with E-state index in [1.54, 1.807) is 12.1 Å². The second-order valence-corrected chi connectivity index (χ2v) is 4.03. The van der Waals surface area contributed by atoms with Crippen LogP contribution in [0.1, 0.15) is 25.3 Å². The van der Waals surface area contributed by atoms with Gasteiger partial charge >= 0.3 is 0 Å². The van der Waals surface area contributed by atoms with Crippen LogP contribution in [0.5, 0.6) is 0 Å². The highest BCUT2D eigenvalue weighted by molar-refractivity contribution is 5.93. The molecule has 1 aromatic rings. The van der Waals surface area contributed by atoms with Crippen molar-refractivity contribution in [1.29, 1.82) is 0 Å². The Morgan fingerprint density at radius 3 is 2.76 bits per heavy atom. The predicted octanol–water partition coefficient (Wildman–Crippen LogP) is 1.49. The van der Waals surface area contributed by atoms with Crippen molar-refractivity contribution in [3.8, 4) is 0 Å². The topological polar surface area (TPSA) is 75.4 Å². The molecule has 0 aliphatic rings. The zero-order valence-corrected chi connectivity index (χ0v) is 10.1. The zero-order chi connectivity index (χ0) is 12.7. The minimum Gasteiger partial charge on any atom is -0.392 e. The molecule has 0 fully saturated rings. The van der Waals surface area contributed by atoms with Gasteiger partial charge in [0.2, 0.25) is 5.91 Å². The van der Waals surface area contributed by atoms with E-state index in [9.17, 15) is 4.79 Å². The average molecular weight is 236 g/mol. The normalized spacial score (nSPS) is 12.2. The number of amides is 1. The maximum Gasteiger partial charge on any atom is 0.228 e. The number of carbonyl (C=O) groups excluding carboxylic acids is 1. The minimum atomic E-state index is -0.160. The van der Waals surface area contributed by atoms with Crippen LogP contribution in [0.15, 0.2) is 24.3 Å². The van der Waals surface area contributed by atoms with Gasteiger partial charge in [-0.05, 0) is 12.5 Å². The lowest BCUT2D eigenvalue weighted by atomic mass is 10.0. The fraction of sp³-hybridized carbons (Fsp3) is 0.462. The second-order valence-electron chi connectivity index (χ2n) is 4.03. The predicted molar refractivity (Wildman–Crippen MR) is 68.4 cm³/mol. The third-order valence-electron chi connectivity index (χ3n) is 2.74. The highest BCUT2D eigenvalue weighted by atomic mass is 16.3. The van der Waals surface area contributed by atoms with Crippen LogP contribution in [-0.2, 0) is 11.4 Å². The van der Waals surface area contributed by atoms with E-state index in [0.717, 1.165) is 12.8 Å². The maximum absolute atomic E-state index is 11.9. The number of rotatable bonds is 6. The number of hydrogen-bond acceptors (Lipinski definition) is 3. The summed E-state index contributed by atoms with van der Waals surface area (Å²) in [7, 11) is 0. The Hall–Kier alpha value is -1.39. The van der Waals surface area contributed by atoms with Crippen molar-refractivity contribution in [1.82, 2.24) is 0 Å². The van der Waals surface area contributed by atoms with Crippen LogP contribution >= 0.6 is 0 Å². The smallest absolute Gasteiger partial charge is 0.228 e. The highest BCUT2D eigenvalue weighted by Crippen LogP contribution is 2.16. The third kappa shape index (κ3) is 3.84. The van der Waals surface area contributed by atoms with E-state index in [0.29, 0.717) is 17.8 Å². The molecule has 94 valence electrons. The molecule has 4 N–H and O–H groups in total. The number of benzene rings is 1. The number of nitrogens with one attached hydrogen (secondary N) is 1. The molecule has 1 atom stereocenters. The molecular weight excluding hydrogens is 216 g/mol. The largest absolute Gasteiger partial charge is 0.392 e. The number of nitrogens with two attached hydrogens (primary N) is 1. The Kier molecular flexibility index (Phi) is 5.66. The first kappa shape index (κ1) is 13.7. The first-order chi connectivity index (χ1) is 8.22. The lowest BCUT2D eigenvalue weighted by Gasteiger charge is -2.15. The van der Waals surface area contributed by atoms with Crippen molar-refractivity contribution < 1.29 is 9.90 Å². The van der Waals surface area contributed by atoms with Gasteiger partial charge in [-0.2, -0.15) is 0 Å². The van der Waals surface area contributed by atoms with E-state index in [2.05, 4.69) is 5.32 Å². The quantitative estimate of drug-likeness (QED) is 0.700. The van der Waals surface area contributed by atoms with Gasteiger partial charge in [0.15, 0.2) is 0 Å². The fourth-order valence-corrected chi connectivity index (χ4v) is 1.72. The molecule has 0 spiro atoms. The lowest BCUT2D eigenvalue weighted by Crippen LogP contribution is -2.29. The first-order valence-corrected chi connectivity index (χ1v) is 5.92. The highest BCUT2D eigenvalue weighted by Gasteiger charge is 2.16. The van der Waals surface area contributed by atoms with Crippen LogP contribution in [0.3, 0.4) is 0 Å². The third-order valence-corrected chi connectivity index (χ3v) is 2.74. The molecule has 17 heavy (non-hydrogen) atoms. The molecule has 1 amide bonds. The zero-order valence-electron chi connectivity index (χ0n) is 10.1. The van der Waals surface area contributed by atoms with Gasteiger partial charge in [0.25, 0.3) is 0 Å². The summed E-state index contributed by atoms with van der Waals surface area (Å²) in [5, 5.41) is 12.0. The Bertz CT molecular complexity index is 366. The molecule has 1 unspecified atom stereocenters. The maximum atomic E-state index is 11.9. The molecule has 0 aliphatic carbocycles. The van der Waals surface area contributed by atoms with Gasteiger partial charge < -0.3 is 16.2 Å². The molecule has 1 aromatic carbocycles. The van der Waals surface area contributed by atoms with Crippen molar-refractivity contribution in [3.05, 3.63) is 29.8 Å². The van der Waals surface area contributed by atoms with Crippen molar-refractivity contribution >= 4 is 11.6 Å². The Balaban J connectivity index is 2.72. The van der Waals surface area contributed by atoms with E-state index in [1.807, 2.05) is 19.1 Å². The standard InChI is InChI=1S/C13H20N2O2/c1-2-5-10(8-14)13(17)15-12-7-4-3-6-11(12)9-16/h3-4,6-7,10,16H,2,5,8-9,14H2,1H3,(H,15,17). The van der Waals surface area contributed by atoms with E-state index in [1.165, 1.54) is 0 Å². The number of aliphatic hydroxyl groups excluding tert-OH is 1. The fourth-order valence-electron chi connectivity index (χ4n) is 1.72. The van der Waals surface area contributed by atoms with Crippen LogP contribution in [0.4, 0.5) is 5.69 Å². The molecule has 0 aromatic heterocycles. The number of hydrogen-bond donors (Lipinski definition) is 3. The van der Waals surface area contributed by atoms with Gasteiger partial charge in [0, 0.05) is 17.8 Å². The number of aliphatic hydroxyl groups is 1. The summed E-state index contributed by atoms with van der Waals surface area (Å²) in [6, 6.07) is 7.22. The molecule has 0 saturated carbocycles. The van der Waals surface area contributed by atoms with E-state index < -0.39 is 0 Å². The summed E-state index contributed by atoms with van der Waals surface area (Å²) >= 11 is 0. The van der Waals surface area contributed by atoms with Crippen LogP contribution in [0.2, 0.25) is 0 Å². The number of para-hydroxylation sites is 1. The molecule has 0 bridgehead atoms. The molecule has 0 saturated heterocycles.